The average molecular weight is 347 g/mol. The van der Waals surface area contributed by atoms with Crippen molar-refractivity contribution in [2.24, 2.45) is 0 Å². The summed E-state index contributed by atoms with van der Waals surface area (Å²) < 4.78 is 2.06. The van der Waals surface area contributed by atoms with Gasteiger partial charge in [0.1, 0.15) is 0 Å². The minimum atomic E-state index is 0.723. The second-order valence-corrected chi connectivity index (χ2v) is 7.07. The predicted molar refractivity (Wildman–Crippen MR) is 104 cm³/mol. The highest BCUT2D eigenvalue weighted by atomic mass is 32.2. The van der Waals surface area contributed by atoms with Crippen LogP contribution < -0.4 is 0 Å². The Balaban J connectivity index is 1.95. The Morgan fingerprint density at radius 1 is 1.08 bits per heavy atom. The molecule has 0 aliphatic carbocycles. The third-order valence-electron chi connectivity index (χ3n) is 4.51. The first-order valence-electron chi connectivity index (χ1n) is 8.21. The van der Waals surface area contributed by atoms with Crippen LogP contribution in [0.1, 0.15) is 28.1 Å². The Bertz CT molecular complexity index is 947. The van der Waals surface area contributed by atoms with E-state index < -0.39 is 0 Å². The monoisotopic (exact) mass is 347 g/mol. The highest BCUT2D eigenvalue weighted by molar-refractivity contribution is 7.98. The highest BCUT2D eigenvalue weighted by Crippen LogP contribution is 2.29. The van der Waals surface area contributed by atoms with Crippen molar-refractivity contribution in [3.05, 3.63) is 70.5 Å². The van der Waals surface area contributed by atoms with Crippen LogP contribution in [0.5, 0.6) is 0 Å². The van der Waals surface area contributed by atoms with E-state index in [1.54, 1.807) is 11.8 Å². The van der Waals surface area contributed by atoms with Gasteiger partial charge in [-0.25, -0.2) is 0 Å². The number of thioether (sulfide) groups is 1. The molecule has 0 aliphatic rings. The molecule has 3 nitrogen and oxygen atoms in total. The minimum Gasteiger partial charge on any atom is -0.265 e. The third kappa shape index (κ3) is 3.47. The molecule has 1 aromatic heterocycles. The average Bonchev–Trinajstić information content (AvgIpc) is 2.89. The van der Waals surface area contributed by atoms with Crippen molar-refractivity contribution in [3.8, 4) is 17.2 Å². The molecule has 0 radical (unpaired) electrons. The van der Waals surface area contributed by atoms with Crippen LogP contribution in [0.3, 0.4) is 0 Å². The Labute approximate surface area is 153 Å². The van der Waals surface area contributed by atoms with Crippen LogP contribution in [0.25, 0.3) is 11.1 Å². The lowest BCUT2D eigenvalue weighted by atomic mass is 9.99. The van der Waals surface area contributed by atoms with E-state index >= 15 is 0 Å². The van der Waals surface area contributed by atoms with Crippen LogP contribution >= 0.6 is 11.8 Å². The van der Waals surface area contributed by atoms with E-state index in [0.29, 0.717) is 0 Å². The van der Waals surface area contributed by atoms with Gasteiger partial charge in [0, 0.05) is 16.2 Å². The molecule has 0 saturated heterocycles. The van der Waals surface area contributed by atoms with Crippen molar-refractivity contribution < 1.29 is 0 Å². The fourth-order valence-electron chi connectivity index (χ4n) is 3.12. The Kier molecular flexibility index (Phi) is 4.96. The molecule has 0 bridgehead atoms. The fraction of sp³-hybridized carbons (Fsp3) is 0.238. The second-order valence-electron chi connectivity index (χ2n) is 6.19. The van der Waals surface area contributed by atoms with Gasteiger partial charge in [-0.1, -0.05) is 18.2 Å². The van der Waals surface area contributed by atoms with E-state index in [9.17, 15) is 0 Å². The minimum absolute atomic E-state index is 0.723. The molecule has 0 spiro atoms. The Morgan fingerprint density at radius 2 is 1.80 bits per heavy atom. The largest absolute Gasteiger partial charge is 0.265 e. The molecule has 0 fully saturated rings. The number of rotatable bonds is 4. The van der Waals surface area contributed by atoms with E-state index in [-0.39, 0.29) is 0 Å². The summed E-state index contributed by atoms with van der Waals surface area (Å²) in [5.41, 5.74) is 7.41. The summed E-state index contributed by atoms with van der Waals surface area (Å²) in [5.74, 6) is 0. The molecule has 1 heterocycles. The Hall–Kier alpha value is -2.51. The van der Waals surface area contributed by atoms with Crippen LogP contribution in [0.2, 0.25) is 0 Å². The van der Waals surface area contributed by atoms with Crippen molar-refractivity contribution in [1.82, 2.24) is 9.78 Å². The zero-order valence-corrected chi connectivity index (χ0v) is 15.8. The molecule has 4 heteroatoms. The second kappa shape index (κ2) is 7.16. The molecule has 0 amide bonds. The lowest BCUT2D eigenvalue weighted by molar-refractivity contribution is 0.659. The van der Waals surface area contributed by atoms with Crippen LogP contribution in [0, 0.1) is 32.1 Å². The van der Waals surface area contributed by atoms with Crippen molar-refractivity contribution >= 4 is 11.8 Å². The zero-order valence-electron chi connectivity index (χ0n) is 15.0. The normalized spacial score (nSPS) is 10.7. The van der Waals surface area contributed by atoms with Crippen LogP contribution in [0.4, 0.5) is 0 Å². The van der Waals surface area contributed by atoms with Crippen LogP contribution in [0.15, 0.2) is 47.4 Å². The smallest absolute Gasteiger partial charge is 0.0994 e. The van der Waals surface area contributed by atoms with Crippen molar-refractivity contribution in [1.29, 1.82) is 5.26 Å². The first-order valence-corrected chi connectivity index (χ1v) is 9.44. The van der Waals surface area contributed by atoms with Gasteiger partial charge < -0.3 is 0 Å². The Morgan fingerprint density at radius 3 is 2.40 bits per heavy atom. The van der Waals surface area contributed by atoms with Gasteiger partial charge in [0.15, 0.2) is 0 Å². The highest BCUT2D eigenvalue weighted by Gasteiger charge is 2.14. The first kappa shape index (κ1) is 17.3. The van der Waals surface area contributed by atoms with E-state index in [0.717, 1.165) is 40.2 Å². The van der Waals surface area contributed by atoms with Gasteiger partial charge in [0.05, 0.1) is 23.9 Å². The van der Waals surface area contributed by atoms with Crippen molar-refractivity contribution in [2.45, 2.75) is 32.2 Å². The molecule has 0 N–H and O–H groups in total. The molecular formula is C21H21N3S. The summed E-state index contributed by atoms with van der Waals surface area (Å²) in [6.07, 6.45) is 2.09. The molecule has 3 aromatic rings. The van der Waals surface area contributed by atoms with E-state index in [2.05, 4.69) is 54.3 Å². The van der Waals surface area contributed by atoms with Gasteiger partial charge >= 0.3 is 0 Å². The summed E-state index contributed by atoms with van der Waals surface area (Å²) in [6.45, 7) is 6.89. The van der Waals surface area contributed by atoms with Gasteiger partial charge in [-0.15, -0.1) is 11.8 Å². The number of hydrogen-bond donors (Lipinski definition) is 0. The maximum Gasteiger partial charge on any atom is 0.0994 e. The van der Waals surface area contributed by atoms with Gasteiger partial charge in [-0.2, -0.15) is 10.4 Å². The standard InChI is InChI=1S/C21H21N3S/c1-14-11-18(7-8-19(14)12-22)21-15(2)23-24(16(21)3)13-17-5-9-20(25-4)10-6-17/h5-11H,13H2,1-4H3. The maximum atomic E-state index is 9.13. The number of nitriles is 1. The zero-order chi connectivity index (χ0) is 18.0. The summed E-state index contributed by atoms with van der Waals surface area (Å²) in [6, 6.07) is 16.8. The number of aryl methyl sites for hydroxylation is 2. The van der Waals surface area contributed by atoms with Crippen LogP contribution in [-0.4, -0.2) is 16.0 Å². The number of nitrogens with zero attached hydrogens (tertiary/aromatic N) is 3. The summed E-state index contributed by atoms with van der Waals surface area (Å²) in [4.78, 5) is 1.27. The first-order chi connectivity index (χ1) is 12.0. The molecule has 0 unspecified atom stereocenters. The number of hydrogen-bond acceptors (Lipinski definition) is 3. The van der Waals surface area contributed by atoms with Crippen molar-refractivity contribution in [2.75, 3.05) is 6.26 Å². The molecule has 126 valence electrons. The molecule has 0 atom stereocenters. The predicted octanol–water partition coefficient (Wildman–Crippen LogP) is 5.12. The lowest BCUT2D eigenvalue weighted by Crippen LogP contribution is -2.04. The summed E-state index contributed by atoms with van der Waals surface area (Å²) in [5, 5.41) is 13.9. The quantitative estimate of drug-likeness (QED) is 0.615. The van der Waals surface area contributed by atoms with Gasteiger partial charge in [0.2, 0.25) is 0 Å². The summed E-state index contributed by atoms with van der Waals surface area (Å²) in [7, 11) is 0. The van der Waals surface area contributed by atoms with E-state index in [4.69, 9.17) is 10.4 Å². The lowest BCUT2D eigenvalue weighted by Gasteiger charge is -2.08. The number of benzene rings is 2. The van der Waals surface area contributed by atoms with Gasteiger partial charge in [-0.3, -0.25) is 4.68 Å². The fourth-order valence-corrected chi connectivity index (χ4v) is 3.53. The SMILES string of the molecule is CSc1ccc(Cn2nc(C)c(-c3ccc(C#N)c(C)c3)c2C)cc1. The third-order valence-corrected chi connectivity index (χ3v) is 5.25. The van der Waals surface area contributed by atoms with Crippen LogP contribution in [-0.2, 0) is 6.54 Å². The van der Waals surface area contributed by atoms with E-state index in [1.165, 1.54) is 10.5 Å². The molecule has 2 aromatic carbocycles. The summed E-state index contributed by atoms with van der Waals surface area (Å²) >= 11 is 1.75. The van der Waals surface area contributed by atoms with E-state index in [1.807, 2.05) is 26.0 Å². The molecule has 3 rings (SSSR count). The number of aromatic nitrogens is 2. The molecule has 25 heavy (non-hydrogen) atoms. The van der Waals surface area contributed by atoms with Crippen molar-refractivity contribution in [3.63, 3.8) is 0 Å². The molecular weight excluding hydrogens is 326 g/mol. The maximum absolute atomic E-state index is 9.13. The molecule has 0 saturated carbocycles. The van der Waals surface area contributed by atoms with Gasteiger partial charge in [0.25, 0.3) is 0 Å². The van der Waals surface area contributed by atoms with Gasteiger partial charge in [-0.05, 0) is 68.0 Å². The molecule has 0 aliphatic heterocycles. The topological polar surface area (TPSA) is 41.6 Å².